The van der Waals surface area contributed by atoms with Gasteiger partial charge in [-0.2, -0.15) is 0 Å². The number of nitro benzene ring substituents is 1. The lowest BCUT2D eigenvalue weighted by Crippen LogP contribution is -2.57. The molecular formula is C19H30N4O2. The number of piperazine rings is 1. The maximum Gasteiger partial charge on any atom is 0.269 e. The van der Waals surface area contributed by atoms with Crippen LogP contribution in [-0.4, -0.2) is 65.6 Å². The van der Waals surface area contributed by atoms with E-state index in [1.165, 1.54) is 25.9 Å². The van der Waals surface area contributed by atoms with Gasteiger partial charge in [-0.3, -0.25) is 19.9 Å². The summed E-state index contributed by atoms with van der Waals surface area (Å²) < 4.78 is 0. The molecule has 2 fully saturated rings. The topological polar surface area (TPSA) is 52.9 Å². The Morgan fingerprint density at radius 1 is 0.960 bits per heavy atom. The van der Waals surface area contributed by atoms with E-state index in [0.29, 0.717) is 6.04 Å². The molecule has 6 nitrogen and oxygen atoms in total. The van der Waals surface area contributed by atoms with Crippen molar-refractivity contribution < 1.29 is 4.92 Å². The normalized spacial score (nSPS) is 21.5. The van der Waals surface area contributed by atoms with Gasteiger partial charge in [0, 0.05) is 68.7 Å². The molecule has 2 aliphatic heterocycles. The highest BCUT2D eigenvalue weighted by Crippen LogP contribution is 2.26. The van der Waals surface area contributed by atoms with E-state index in [1.807, 2.05) is 12.1 Å². The first kappa shape index (κ1) is 18.1. The van der Waals surface area contributed by atoms with Crippen LogP contribution in [0.5, 0.6) is 0 Å². The van der Waals surface area contributed by atoms with Crippen LogP contribution < -0.4 is 4.90 Å². The van der Waals surface area contributed by atoms with Crippen molar-refractivity contribution in [1.29, 1.82) is 0 Å². The third-order valence-electron chi connectivity index (χ3n) is 5.67. The molecule has 0 bridgehead atoms. The number of non-ortho nitro benzene ring substituents is 1. The molecule has 0 atom stereocenters. The third-order valence-corrected chi connectivity index (χ3v) is 5.67. The average Bonchev–Trinajstić information content (AvgIpc) is 2.61. The quantitative estimate of drug-likeness (QED) is 0.622. The van der Waals surface area contributed by atoms with Crippen LogP contribution in [0.2, 0.25) is 0 Å². The number of hydrogen-bond acceptors (Lipinski definition) is 5. The first-order chi connectivity index (χ1) is 11.8. The van der Waals surface area contributed by atoms with Crippen molar-refractivity contribution >= 4 is 11.4 Å². The molecule has 1 aromatic carbocycles. The van der Waals surface area contributed by atoms with Gasteiger partial charge >= 0.3 is 0 Å². The summed E-state index contributed by atoms with van der Waals surface area (Å²) in [5.74, 6) is 0. The average molecular weight is 346 g/mol. The summed E-state index contributed by atoms with van der Waals surface area (Å²) in [4.78, 5) is 18.0. The van der Waals surface area contributed by atoms with Crippen molar-refractivity contribution in [1.82, 2.24) is 9.80 Å². The summed E-state index contributed by atoms with van der Waals surface area (Å²) >= 11 is 0. The van der Waals surface area contributed by atoms with Crippen LogP contribution in [0.4, 0.5) is 11.4 Å². The third kappa shape index (κ3) is 4.30. The standard InChI is InChI=1S/C19H30N4O2/c1-19(2,3)22-14-12-21(13-15-22)17-8-10-20(11-9-17)16-4-6-18(7-5-16)23(24)25/h4-7,17H,8-15H2,1-3H3. The highest BCUT2D eigenvalue weighted by molar-refractivity contribution is 5.51. The maximum absolute atomic E-state index is 10.8. The van der Waals surface area contributed by atoms with E-state index < -0.39 is 0 Å². The van der Waals surface area contributed by atoms with Gasteiger partial charge in [0.05, 0.1) is 4.92 Å². The molecule has 3 rings (SSSR count). The second-order valence-electron chi connectivity index (χ2n) is 8.19. The minimum absolute atomic E-state index is 0.162. The number of hydrogen-bond donors (Lipinski definition) is 0. The van der Waals surface area contributed by atoms with Crippen LogP contribution in [0.3, 0.4) is 0 Å². The van der Waals surface area contributed by atoms with E-state index in [2.05, 4.69) is 35.5 Å². The number of rotatable bonds is 3. The van der Waals surface area contributed by atoms with Crippen LogP contribution in [0, 0.1) is 10.1 Å². The van der Waals surface area contributed by atoms with Crippen molar-refractivity contribution in [3.63, 3.8) is 0 Å². The molecule has 2 saturated heterocycles. The Labute approximate surface area is 150 Å². The molecule has 2 aliphatic rings. The zero-order valence-electron chi connectivity index (χ0n) is 15.6. The smallest absolute Gasteiger partial charge is 0.269 e. The SMILES string of the molecule is CC(C)(C)N1CCN(C2CCN(c3ccc([N+](=O)[O-])cc3)CC2)CC1. The van der Waals surface area contributed by atoms with E-state index in [1.54, 1.807) is 12.1 Å². The molecule has 0 aliphatic carbocycles. The van der Waals surface area contributed by atoms with Crippen LogP contribution in [0.15, 0.2) is 24.3 Å². The lowest BCUT2D eigenvalue weighted by molar-refractivity contribution is -0.384. The van der Waals surface area contributed by atoms with Gasteiger partial charge in [0.1, 0.15) is 0 Å². The predicted molar refractivity (Wildman–Crippen MR) is 101 cm³/mol. The van der Waals surface area contributed by atoms with Gasteiger partial charge in [-0.05, 0) is 45.7 Å². The summed E-state index contributed by atoms with van der Waals surface area (Å²) in [5.41, 5.74) is 1.53. The molecule has 0 aromatic heterocycles. The summed E-state index contributed by atoms with van der Waals surface area (Å²) in [7, 11) is 0. The van der Waals surface area contributed by atoms with Crippen LogP contribution in [0.25, 0.3) is 0 Å². The molecule has 6 heteroatoms. The molecule has 0 N–H and O–H groups in total. The Balaban J connectivity index is 1.50. The lowest BCUT2D eigenvalue weighted by Gasteiger charge is -2.46. The largest absolute Gasteiger partial charge is 0.371 e. The zero-order valence-corrected chi connectivity index (χ0v) is 15.6. The minimum Gasteiger partial charge on any atom is -0.371 e. The summed E-state index contributed by atoms with van der Waals surface area (Å²) in [6, 6.07) is 7.64. The molecule has 138 valence electrons. The summed E-state index contributed by atoms with van der Waals surface area (Å²) in [6.45, 7) is 13.6. The second kappa shape index (κ2) is 7.30. The van der Waals surface area contributed by atoms with Crippen molar-refractivity contribution in [2.75, 3.05) is 44.2 Å². The molecule has 0 radical (unpaired) electrons. The first-order valence-electron chi connectivity index (χ1n) is 9.33. The van der Waals surface area contributed by atoms with Crippen LogP contribution in [-0.2, 0) is 0 Å². The van der Waals surface area contributed by atoms with Crippen molar-refractivity contribution in [2.45, 2.75) is 45.2 Å². The number of anilines is 1. The summed E-state index contributed by atoms with van der Waals surface area (Å²) in [6.07, 6.45) is 2.35. The molecule has 0 spiro atoms. The van der Waals surface area contributed by atoms with Gasteiger partial charge < -0.3 is 4.90 Å². The zero-order chi connectivity index (χ0) is 18.0. The second-order valence-corrected chi connectivity index (χ2v) is 8.19. The highest BCUT2D eigenvalue weighted by atomic mass is 16.6. The van der Waals surface area contributed by atoms with E-state index in [4.69, 9.17) is 0 Å². The Morgan fingerprint density at radius 2 is 1.52 bits per heavy atom. The fourth-order valence-electron chi connectivity index (χ4n) is 4.03. The summed E-state index contributed by atoms with van der Waals surface area (Å²) in [5, 5.41) is 10.8. The number of benzene rings is 1. The monoisotopic (exact) mass is 346 g/mol. The number of nitro groups is 1. The molecular weight excluding hydrogens is 316 g/mol. The van der Waals surface area contributed by atoms with Gasteiger partial charge in [-0.1, -0.05) is 0 Å². The van der Waals surface area contributed by atoms with Gasteiger partial charge in [-0.25, -0.2) is 0 Å². The first-order valence-corrected chi connectivity index (χ1v) is 9.33. The van der Waals surface area contributed by atoms with E-state index >= 15 is 0 Å². The van der Waals surface area contributed by atoms with Gasteiger partial charge in [0.25, 0.3) is 5.69 Å². The fraction of sp³-hybridized carbons (Fsp3) is 0.684. The van der Waals surface area contributed by atoms with Crippen LogP contribution >= 0.6 is 0 Å². The van der Waals surface area contributed by atoms with Gasteiger partial charge in [0.2, 0.25) is 0 Å². The van der Waals surface area contributed by atoms with E-state index in [0.717, 1.165) is 31.9 Å². The molecule has 0 unspecified atom stereocenters. The number of piperidine rings is 1. The minimum atomic E-state index is -0.340. The predicted octanol–water partition coefficient (Wildman–Crippen LogP) is 2.98. The molecule has 1 aromatic rings. The lowest BCUT2D eigenvalue weighted by atomic mass is 10.00. The highest BCUT2D eigenvalue weighted by Gasteiger charge is 2.30. The van der Waals surface area contributed by atoms with Crippen molar-refractivity contribution in [3.05, 3.63) is 34.4 Å². The molecule has 25 heavy (non-hydrogen) atoms. The van der Waals surface area contributed by atoms with Crippen molar-refractivity contribution in [2.24, 2.45) is 0 Å². The maximum atomic E-state index is 10.8. The Hall–Kier alpha value is -1.66. The fourth-order valence-corrected chi connectivity index (χ4v) is 4.03. The van der Waals surface area contributed by atoms with E-state index in [9.17, 15) is 10.1 Å². The molecule has 0 amide bonds. The Morgan fingerprint density at radius 3 is 2.00 bits per heavy atom. The number of nitrogens with zero attached hydrogens (tertiary/aromatic N) is 4. The molecule has 2 heterocycles. The Bertz CT molecular complexity index is 580. The molecule has 0 saturated carbocycles. The van der Waals surface area contributed by atoms with Gasteiger partial charge in [0.15, 0.2) is 0 Å². The van der Waals surface area contributed by atoms with Crippen molar-refractivity contribution in [3.8, 4) is 0 Å². The van der Waals surface area contributed by atoms with Crippen LogP contribution in [0.1, 0.15) is 33.6 Å². The van der Waals surface area contributed by atoms with Gasteiger partial charge in [-0.15, -0.1) is 0 Å². The van der Waals surface area contributed by atoms with E-state index in [-0.39, 0.29) is 16.1 Å². The Kier molecular flexibility index (Phi) is 5.29.